The van der Waals surface area contributed by atoms with Crippen molar-refractivity contribution >= 4 is 17.0 Å². The van der Waals surface area contributed by atoms with Crippen molar-refractivity contribution in [1.82, 2.24) is 15.0 Å². The van der Waals surface area contributed by atoms with Gasteiger partial charge in [0.15, 0.2) is 0 Å². The molecule has 1 aliphatic heterocycles. The van der Waals surface area contributed by atoms with Crippen LogP contribution in [0, 0.1) is 6.92 Å². The molecule has 0 spiro atoms. The molecule has 1 fully saturated rings. The predicted octanol–water partition coefficient (Wildman–Crippen LogP) is 0.348. The second-order valence-corrected chi connectivity index (χ2v) is 4.21. The Bertz CT molecular complexity index is 587. The number of amides is 1. The number of hydrogen-bond acceptors (Lipinski definition) is 5. The molecule has 0 atom stereocenters. The molecule has 0 radical (unpaired) electrons. The molecule has 1 N–H and O–H groups in total. The van der Waals surface area contributed by atoms with Gasteiger partial charge in [-0.15, -0.1) is 0 Å². The van der Waals surface area contributed by atoms with E-state index in [1.54, 1.807) is 17.9 Å². The van der Waals surface area contributed by atoms with Gasteiger partial charge in [0.2, 0.25) is 0 Å². The van der Waals surface area contributed by atoms with Crippen LogP contribution in [0.25, 0.3) is 11.1 Å². The van der Waals surface area contributed by atoms with Crippen molar-refractivity contribution < 1.29 is 14.4 Å². The van der Waals surface area contributed by atoms with E-state index in [2.05, 4.69) is 10.1 Å². The fourth-order valence-corrected chi connectivity index (χ4v) is 1.87. The average molecular weight is 233 g/mol. The molecular formula is C11H11N3O3. The molecule has 3 heterocycles. The van der Waals surface area contributed by atoms with E-state index >= 15 is 0 Å². The molecule has 88 valence electrons. The maximum atomic E-state index is 12.0. The first kappa shape index (κ1) is 10.2. The summed E-state index contributed by atoms with van der Waals surface area (Å²) in [7, 11) is 0. The Morgan fingerprint density at radius 1 is 1.59 bits per heavy atom. The minimum atomic E-state index is -0.395. The number of aromatic nitrogens is 2. The van der Waals surface area contributed by atoms with Crippen molar-refractivity contribution in [2.75, 3.05) is 13.1 Å². The van der Waals surface area contributed by atoms with Crippen molar-refractivity contribution in [1.29, 1.82) is 0 Å². The third-order valence-corrected chi connectivity index (χ3v) is 2.91. The van der Waals surface area contributed by atoms with Gasteiger partial charge in [-0.2, -0.15) is 0 Å². The topological polar surface area (TPSA) is 79.5 Å². The van der Waals surface area contributed by atoms with Crippen LogP contribution >= 0.6 is 0 Å². The molecule has 2 aromatic heterocycles. The summed E-state index contributed by atoms with van der Waals surface area (Å²) in [6.07, 6.45) is 1.08. The summed E-state index contributed by atoms with van der Waals surface area (Å²) in [4.78, 5) is 17.6. The number of β-amino-alcohol motifs (C(OH)–C–C–N with tert-alkyl or cyclic N) is 1. The summed E-state index contributed by atoms with van der Waals surface area (Å²) < 4.78 is 4.98. The summed E-state index contributed by atoms with van der Waals surface area (Å²) in [5, 5.41) is 13.7. The van der Waals surface area contributed by atoms with E-state index in [1.165, 1.54) is 6.20 Å². The molecule has 0 unspecified atom stereocenters. The quantitative estimate of drug-likeness (QED) is 0.768. The highest BCUT2D eigenvalue weighted by atomic mass is 16.5. The van der Waals surface area contributed by atoms with Crippen LogP contribution in [-0.2, 0) is 0 Å². The number of rotatable bonds is 1. The lowest BCUT2D eigenvalue weighted by molar-refractivity contribution is 0.00588. The molecular weight excluding hydrogens is 222 g/mol. The van der Waals surface area contributed by atoms with Crippen molar-refractivity contribution in [3.63, 3.8) is 0 Å². The van der Waals surface area contributed by atoms with Crippen LogP contribution in [0.5, 0.6) is 0 Å². The highest BCUT2D eigenvalue weighted by Gasteiger charge is 2.29. The van der Waals surface area contributed by atoms with Gasteiger partial charge in [-0.3, -0.25) is 4.79 Å². The van der Waals surface area contributed by atoms with Gasteiger partial charge in [-0.1, -0.05) is 5.16 Å². The molecule has 2 aromatic rings. The van der Waals surface area contributed by atoms with Gasteiger partial charge in [-0.25, -0.2) is 4.98 Å². The van der Waals surface area contributed by atoms with Gasteiger partial charge in [0, 0.05) is 19.3 Å². The molecule has 17 heavy (non-hydrogen) atoms. The van der Waals surface area contributed by atoms with E-state index in [0.29, 0.717) is 30.1 Å². The summed E-state index contributed by atoms with van der Waals surface area (Å²) in [5.41, 5.74) is 1.64. The highest BCUT2D eigenvalue weighted by Crippen LogP contribution is 2.19. The molecule has 6 heteroatoms. The molecule has 0 bridgehead atoms. The van der Waals surface area contributed by atoms with Gasteiger partial charge < -0.3 is 14.5 Å². The lowest BCUT2D eigenvalue weighted by Crippen LogP contribution is -2.53. The van der Waals surface area contributed by atoms with E-state index in [4.69, 9.17) is 9.63 Å². The van der Waals surface area contributed by atoms with Gasteiger partial charge in [0.1, 0.15) is 0 Å². The van der Waals surface area contributed by atoms with Gasteiger partial charge >= 0.3 is 0 Å². The molecule has 1 saturated heterocycles. The largest absolute Gasteiger partial charge is 0.389 e. The third-order valence-electron chi connectivity index (χ3n) is 2.91. The summed E-state index contributed by atoms with van der Waals surface area (Å²) >= 11 is 0. The zero-order chi connectivity index (χ0) is 12.0. The van der Waals surface area contributed by atoms with Crippen LogP contribution in [0.4, 0.5) is 0 Å². The Hall–Kier alpha value is -1.95. The van der Waals surface area contributed by atoms with Crippen molar-refractivity contribution in [3.8, 4) is 0 Å². The molecule has 3 rings (SSSR count). The zero-order valence-electron chi connectivity index (χ0n) is 9.25. The Balaban J connectivity index is 1.94. The molecule has 0 saturated carbocycles. The van der Waals surface area contributed by atoms with Crippen molar-refractivity contribution in [2.24, 2.45) is 0 Å². The molecule has 0 aliphatic carbocycles. The van der Waals surface area contributed by atoms with Gasteiger partial charge in [-0.05, 0) is 13.0 Å². The Morgan fingerprint density at radius 2 is 2.35 bits per heavy atom. The van der Waals surface area contributed by atoms with Crippen molar-refractivity contribution in [3.05, 3.63) is 23.5 Å². The minimum Gasteiger partial charge on any atom is -0.389 e. The Morgan fingerprint density at radius 3 is 3.06 bits per heavy atom. The number of pyridine rings is 1. The minimum absolute atomic E-state index is 0.120. The van der Waals surface area contributed by atoms with Crippen LogP contribution in [0.15, 0.2) is 16.8 Å². The van der Waals surface area contributed by atoms with Gasteiger partial charge in [0.25, 0.3) is 11.6 Å². The normalized spacial score (nSPS) is 16.2. The first-order valence-corrected chi connectivity index (χ1v) is 5.34. The van der Waals surface area contributed by atoms with Crippen LogP contribution in [0.2, 0.25) is 0 Å². The fourth-order valence-electron chi connectivity index (χ4n) is 1.87. The number of carbonyl (C=O) groups excluding carboxylic acids is 1. The van der Waals surface area contributed by atoms with E-state index in [0.717, 1.165) is 5.39 Å². The summed E-state index contributed by atoms with van der Waals surface area (Å²) in [5.74, 6) is -0.120. The van der Waals surface area contributed by atoms with Gasteiger partial charge in [0.05, 0.1) is 22.7 Å². The van der Waals surface area contributed by atoms with Crippen LogP contribution < -0.4 is 0 Å². The number of likely N-dealkylation sites (tertiary alicyclic amines) is 1. The van der Waals surface area contributed by atoms with E-state index < -0.39 is 6.10 Å². The molecule has 1 aliphatic rings. The number of hydrogen-bond donors (Lipinski definition) is 1. The van der Waals surface area contributed by atoms with Crippen LogP contribution in [0.1, 0.15) is 16.1 Å². The highest BCUT2D eigenvalue weighted by molar-refractivity contribution is 5.97. The zero-order valence-corrected chi connectivity index (χ0v) is 9.25. The number of aliphatic hydroxyl groups is 1. The summed E-state index contributed by atoms with van der Waals surface area (Å²) in [6.45, 7) is 2.58. The smallest absolute Gasteiger partial charge is 0.257 e. The molecule has 1 amide bonds. The van der Waals surface area contributed by atoms with E-state index in [1.807, 2.05) is 0 Å². The maximum absolute atomic E-state index is 12.0. The number of aryl methyl sites for hydroxylation is 1. The number of nitrogens with zero attached hydrogens (tertiary/aromatic N) is 3. The second kappa shape index (κ2) is 3.53. The van der Waals surface area contributed by atoms with E-state index in [9.17, 15) is 4.79 Å². The van der Waals surface area contributed by atoms with Crippen LogP contribution in [0.3, 0.4) is 0 Å². The molecule has 0 aromatic carbocycles. The second-order valence-electron chi connectivity index (χ2n) is 4.21. The van der Waals surface area contributed by atoms with Crippen molar-refractivity contribution in [2.45, 2.75) is 13.0 Å². The summed E-state index contributed by atoms with van der Waals surface area (Å²) in [6, 6.07) is 1.72. The fraction of sp³-hybridized carbons (Fsp3) is 0.364. The lowest BCUT2D eigenvalue weighted by atomic mass is 10.1. The number of carbonyl (C=O) groups is 1. The maximum Gasteiger partial charge on any atom is 0.257 e. The first-order chi connectivity index (χ1) is 8.15. The number of fused-ring (bicyclic) bond motifs is 1. The van der Waals surface area contributed by atoms with Crippen LogP contribution in [-0.4, -0.2) is 45.2 Å². The number of aliphatic hydroxyl groups excluding tert-OH is 1. The standard InChI is InChI=1S/C11H11N3O3/c1-6-9-2-7(3-12-10(9)17-13-6)11(16)14-4-8(15)5-14/h2-3,8,15H,4-5H2,1H3. The third kappa shape index (κ3) is 1.57. The Kier molecular flexibility index (Phi) is 2.12. The Labute approximate surface area is 96.8 Å². The average Bonchev–Trinajstić information content (AvgIpc) is 2.66. The molecule has 6 nitrogen and oxygen atoms in total. The van der Waals surface area contributed by atoms with E-state index in [-0.39, 0.29) is 5.91 Å². The lowest BCUT2D eigenvalue weighted by Gasteiger charge is -2.35. The SMILES string of the molecule is Cc1noc2ncc(C(=O)N3CC(O)C3)cc12. The first-order valence-electron chi connectivity index (χ1n) is 5.34. The monoisotopic (exact) mass is 233 g/mol. The predicted molar refractivity (Wildman–Crippen MR) is 58.5 cm³/mol.